The second-order valence-electron chi connectivity index (χ2n) is 8.40. The highest BCUT2D eigenvalue weighted by Gasteiger charge is 2.63. The van der Waals surface area contributed by atoms with Crippen molar-refractivity contribution in [3.63, 3.8) is 0 Å². The van der Waals surface area contributed by atoms with Crippen molar-refractivity contribution in [2.75, 3.05) is 23.7 Å². The molecule has 2 saturated heterocycles. The molecule has 2 aromatic heterocycles. The number of carbonyl (C=O) groups excluding carboxylic acids is 1. The van der Waals surface area contributed by atoms with Crippen LogP contribution >= 0.6 is 0 Å². The molecular weight excluding hydrogens is 494 g/mol. The number of hydrogen-bond acceptors (Lipinski definition) is 6. The second kappa shape index (κ2) is 7.88. The van der Waals surface area contributed by atoms with E-state index in [0.717, 1.165) is 21.9 Å². The first-order chi connectivity index (χ1) is 16.4. The summed E-state index contributed by atoms with van der Waals surface area (Å²) in [4.78, 5) is 19.1. The first kappa shape index (κ1) is 23.5. The van der Waals surface area contributed by atoms with Gasteiger partial charge in [0.2, 0.25) is 10.0 Å². The zero-order chi connectivity index (χ0) is 25.3. The van der Waals surface area contributed by atoms with E-state index < -0.39 is 70.1 Å². The maximum Gasteiger partial charge on any atom is 0.326 e. The summed E-state index contributed by atoms with van der Waals surface area (Å²) in [5.74, 6) is -5.95. The predicted octanol–water partition coefficient (Wildman–Crippen LogP) is 3.04. The van der Waals surface area contributed by atoms with Gasteiger partial charge in [0.15, 0.2) is 5.82 Å². The van der Waals surface area contributed by atoms with E-state index in [9.17, 15) is 22.0 Å². The number of rotatable bonds is 5. The van der Waals surface area contributed by atoms with Gasteiger partial charge in [-0.1, -0.05) is 11.2 Å². The average Bonchev–Trinajstić information content (AvgIpc) is 3.40. The fourth-order valence-corrected chi connectivity index (χ4v) is 5.34. The predicted molar refractivity (Wildman–Crippen MR) is 116 cm³/mol. The molecule has 1 aromatic carbocycles. The number of anilines is 1. The van der Waals surface area contributed by atoms with Crippen LogP contribution in [0, 0.1) is 18.6 Å². The number of hydrogen-bond donors (Lipinski definition) is 1. The number of nitrogens with zero attached hydrogens (tertiary/aromatic N) is 4. The van der Waals surface area contributed by atoms with E-state index in [1.165, 1.54) is 19.1 Å². The number of benzene rings is 1. The summed E-state index contributed by atoms with van der Waals surface area (Å²) in [5.41, 5.74) is -0.180. The van der Waals surface area contributed by atoms with Crippen molar-refractivity contribution < 1.29 is 35.3 Å². The van der Waals surface area contributed by atoms with Crippen LogP contribution in [-0.2, 0) is 10.0 Å². The second-order valence-corrected chi connectivity index (χ2v) is 10.4. The van der Waals surface area contributed by atoms with Gasteiger partial charge < -0.3 is 9.42 Å². The van der Waals surface area contributed by atoms with E-state index in [2.05, 4.69) is 10.1 Å². The number of alkyl halides is 2. The van der Waals surface area contributed by atoms with Gasteiger partial charge in [-0.2, -0.15) is 0 Å². The number of sulfonamides is 1. The molecule has 0 aliphatic carbocycles. The van der Waals surface area contributed by atoms with Gasteiger partial charge >= 0.3 is 6.03 Å². The molecule has 14 heteroatoms. The van der Waals surface area contributed by atoms with E-state index in [1.807, 2.05) is 4.72 Å². The summed E-state index contributed by atoms with van der Waals surface area (Å²) in [6.07, 6.45) is 0. The van der Waals surface area contributed by atoms with Crippen LogP contribution in [0.15, 0.2) is 28.8 Å². The number of pyridine rings is 1. The number of aryl methyl sites for hydroxylation is 1. The number of fused-ring (bicyclic) bond motifs is 2. The molecule has 186 valence electrons. The van der Waals surface area contributed by atoms with Crippen LogP contribution in [0.5, 0.6) is 0 Å². The van der Waals surface area contributed by atoms with Gasteiger partial charge in [-0.3, -0.25) is 4.90 Å². The molecule has 4 heterocycles. The number of nitrogens with one attached hydrogen (secondary N) is 1. The lowest BCUT2D eigenvalue weighted by Gasteiger charge is -2.23. The summed E-state index contributed by atoms with van der Waals surface area (Å²) in [7, 11) is -3.94. The third-order valence-electron chi connectivity index (χ3n) is 6.24. The Labute approximate surface area is 196 Å². The van der Waals surface area contributed by atoms with E-state index in [0.29, 0.717) is 5.69 Å². The standard InChI is InChI=1S/C21H19F4N5O4S/c1-3-35(32,33)28-14-8-29-15(21(14,24)25)9-30(20(29)31)18-17-11(7-10(2)26-19(17)34-27-18)16-12(22)5-4-6-13(16)23/h4-7,14-15,28H,3,8-9H2,1-2H3/t14-,15-/m1/s1. The van der Waals surface area contributed by atoms with Crippen LogP contribution in [0.25, 0.3) is 22.2 Å². The van der Waals surface area contributed by atoms with Gasteiger partial charge in [0.25, 0.3) is 11.6 Å². The quantitative estimate of drug-likeness (QED) is 0.526. The normalized spacial score (nSPS) is 21.8. The molecule has 1 N–H and O–H groups in total. The minimum absolute atomic E-state index is 0.000415. The number of aromatic nitrogens is 2. The van der Waals surface area contributed by atoms with Crippen LogP contribution in [0.4, 0.5) is 28.2 Å². The summed E-state index contributed by atoms with van der Waals surface area (Å²) >= 11 is 0. The highest BCUT2D eigenvalue weighted by Crippen LogP contribution is 2.43. The van der Waals surface area contributed by atoms with Crippen molar-refractivity contribution in [3.05, 3.63) is 41.6 Å². The third kappa shape index (κ3) is 3.62. The number of amides is 2. The first-order valence-electron chi connectivity index (χ1n) is 10.6. The minimum atomic E-state index is -3.94. The molecule has 2 atom stereocenters. The zero-order valence-electron chi connectivity index (χ0n) is 18.4. The van der Waals surface area contributed by atoms with E-state index >= 15 is 8.78 Å². The average molecular weight is 513 g/mol. The molecule has 0 unspecified atom stereocenters. The van der Waals surface area contributed by atoms with Crippen LogP contribution in [-0.4, -0.2) is 66.3 Å². The van der Waals surface area contributed by atoms with Crippen LogP contribution in [0.2, 0.25) is 0 Å². The molecule has 2 aliphatic rings. The van der Waals surface area contributed by atoms with Crippen molar-refractivity contribution in [2.45, 2.75) is 31.9 Å². The molecule has 0 radical (unpaired) electrons. The lowest BCUT2D eigenvalue weighted by molar-refractivity contribution is -0.0324. The summed E-state index contributed by atoms with van der Waals surface area (Å²) in [5, 5.41) is 3.81. The first-order valence-corrected chi connectivity index (χ1v) is 12.3. The van der Waals surface area contributed by atoms with Gasteiger partial charge in [0.05, 0.1) is 23.2 Å². The number of halogens is 4. The van der Waals surface area contributed by atoms with Crippen molar-refractivity contribution >= 4 is 33.0 Å². The number of carbonyl (C=O) groups is 1. The Morgan fingerprint density at radius 2 is 1.91 bits per heavy atom. The maximum atomic E-state index is 15.1. The van der Waals surface area contributed by atoms with E-state index in [1.54, 1.807) is 6.92 Å². The third-order valence-corrected chi connectivity index (χ3v) is 7.65. The van der Waals surface area contributed by atoms with Gasteiger partial charge in [-0.15, -0.1) is 0 Å². The van der Waals surface area contributed by atoms with Crippen molar-refractivity contribution in [3.8, 4) is 11.1 Å². The maximum absolute atomic E-state index is 15.1. The van der Waals surface area contributed by atoms with Gasteiger partial charge in [-0.05, 0) is 32.0 Å². The lowest BCUT2D eigenvalue weighted by atomic mass is 10.0. The summed E-state index contributed by atoms with van der Waals surface area (Å²) in [6, 6.07) is 0.380. The Balaban J connectivity index is 1.57. The Kier molecular flexibility index (Phi) is 5.29. The highest BCUT2D eigenvalue weighted by atomic mass is 32.2. The Bertz CT molecular complexity index is 1440. The fraction of sp³-hybridized carbons (Fsp3) is 0.381. The molecule has 9 nitrogen and oxygen atoms in total. The topological polar surface area (TPSA) is 109 Å². The molecule has 5 rings (SSSR count). The monoisotopic (exact) mass is 513 g/mol. The van der Waals surface area contributed by atoms with Crippen LogP contribution in [0.3, 0.4) is 0 Å². The molecule has 0 bridgehead atoms. The summed E-state index contributed by atoms with van der Waals surface area (Å²) in [6.45, 7) is 1.77. The minimum Gasteiger partial charge on any atom is -0.334 e. The molecule has 0 spiro atoms. The SMILES string of the molecule is CCS(=O)(=O)N[C@@H]1CN2C(=O)N(c3noc4nc(C)cc(-c5c(F)cccc5F)c34)C[C@@H]2C1(F)F. The van der Waals surface area contributed by atoms with E-state index in [-0.39, 0.29) is 22.5 Å². The molecule has 0 saturated carbocycles. The van der Waals surface area contributed by atoms with Crippen molar-refractivity contribution in [1.29, 1.82) is 0 Å². The molecule has 2 amide bonds. The molecule has 3 aromatic rings. The lowest BCUT2D eigenvalue weighted by Crippen LogP contribution is -2.51. The fourth-order valence-electron chi connectivity index (χ4n) is 4.51. The van der Waals surface area contributed by atoms with Gasteiger partial charge in [0.1, 0.15) is 23.7 Å². The smallest absolute Gasteiger partial charge is 0.326 e. The van der Waals surface area contributed by atoms with Crippen molar-refractivity contribution in [2.24, 2.45) is 0 Å². The summed E-state index contributed by atoms with van der Waals surface area (Å²) < 4.78 is 90.4. The zero-order valence-corrected chi connectivity index (χ0v) is 19.2. The highest BCUT2D eigenvalue weighted by molar-refractivity contribution is 7.89. The largest absolute Gasteiger partial charge is 0.334 e. The van der Waals surface area contributed by atoms with Gasteiger partial charge in [-0.25, -0.2) is 40.5 Å². The molecule has 2 fully saturated rings. The Hall–Kier alpha value is -3.26. The Morgan fingerprint density at radius 1 is 1.23 bits per heavy atom. The van der Waals surface area contributed by atoms with Crippen molar-refractivity contribution in [1.82, 2.24) is 19.8 Å². The van der Waals surface area contributed by atoms with E-state index in [4.69, 9.17) is 4.52 Å². The number of urea groups is 1. The van der Waals surface area contributed by atoms with Crippen LogP contribution < -0.4 is 9.62 Å². The Morgan fingerprint density at radius 3 is 2.54 bits per heavy atom. The molecule has 35 heavy (non-hydrogen) atoms. The molecular formula is C21H19F4N5O4S. The van der Waals surface area contributed by atoms with Gasteiger partial charge in [0, 0.05) is 17.8 Å². The molecule has 2 aliphatic heterocycles. The van der Waals surface area contributed by atoms with Crippen LogP contribution in [0.1, 0.15) is 12.6 Å².